The molecule has 128 valence electrons. The monoisotopic (exact) mass is 342 g/mol. The molecular formula is C15H22N2O5S. The van der Waals surface area contributed by atoms with Gasteiger partial charge in [0.25, 0.3) is 5.91 Å². The van der Waals surface area contributed by atoms with E-state index in [0.29, 0.717) is 6.42 Å². The zero-order valence-corrected chi connectivity index (χ0v) is 14.2. The quantitative estimate of drug-likeness (QED) is 0.660. The average molecular weight is 342 g/mol. The lowest BCUT2D eigenvalue weighted by Gasteiger charge is -2.13. The van der Waals surface area contributed by atoms with Crippen molar-refractivity contribution in [2.24, 2.45) is 0 Å². The number of hydrogen-bond donors (Lipinski definition) is 3. The molecule has 0 aromatic heterocycles. The van der Waals surface area contributed by atoms with Crippen molar-refractivity contribution >= 4 is 21.9 Å². The lowest BCUT2D eigenvalue weighted by atomic mass is 10.2. The summed E-state index contributed by atoms with van der Waals surface area (Å²) in [5.41, 5.74) is 0.268. The smallest absolute Gasteiger partial charge is 0.305 e. The average Bonchev–Trinajstić information content (AvgIpc) is 2.45. The highest BCUT2D eigenvalue weighted by Gasteiger charge is 2.18. The normalized spacial score (nSPS) is 14.0. The van der Waals surface area contributed by atoms with E-state index in [2.05, 4.69) is 10.0 Å². The molecule has 2 unspecified atom stereocenters. The summed E-state index contributed by atoms with van der Waals surface area (Å²) in [5.74, 6) is -1.45. The van der Waals surface area contributed by atoms with Gasteiger partial charge in [-0.15, -0.1) is 0 Å². The Balaban J connectivity index is 2.80. The summed E-state index contributed by atoms with van der Waals surface area (Å²) in [4.78, 5) is 22.6. The van der Waals surface area contributed by atoms with Gasteiger partial charge in [-0.1, -0.05) is 6.92 Å². The van der Waals surface area contributed by atoms with Crippen molar-refractivity contribution in [2.75, 3.05) is 0 Å². The standard InChI is InChI=1S/C15H22N2O5S/c1-4-10(2)17-23(21,22)13-7-5-12(6-8-13)15(20)16-11(3)9-14(18)19/h5-8,10-11,17H,4,9H2,1-3H3,(H,16,20)(H,18,19). The minimum atomic E-state index is -3.61. The number of carbonyl (C=O) groups excluding carboxylic acids is 1. The Kier molecular flexibility index (Phi) is 6.71. The van der Waals surface area contributed by atoms with Crippen LogP contribution in [0.3, 0.4) is 0 Å². The van der Waals surface area contributed by atoms with Crippen LogP contribution in [0.5, 0.6) is 0 Å². The predicted molar refractivity (Wildman–Crippen MR) is 85.7 cm³/mol. The van der Waals surface area contributed by atoms with Gasteiger partial charge in [-0.25, -0.2) is 13.1 Å². The lowest BCUT2D eigenvalue weighted by Crippen LogP contribution is -2.34. The molecule has 3 N–H and O–H groups in total. The van der Waals surface area contributed by atoms with Crippen LogP contribution in [0.2, 0.25) is 0 Å². The second kappa shape index (κ2) is 8.07. The summed E-state index contributed by atoms with van der Waals surface area (Å²) < 4.78 is 26.7. The van der Waals surface area contributed by atoms with E-state index in [1.807, 2.05) is 6.92 Å². The number of rotatable bonds is 8. The second-order valence-electron chi connectivity index (χ2n) is 5.43. The second-order valence-corrected chi connectivity index (χ2v) is 7.14. The number of nitrogens with one attached hydrogen (secondary N) is 2. The van der Waals surface area contributed by atoms with Gasteiger partial charge >= 0.3 is 5.97 Å². The Morgan fingerprint density at radius 2 is 1.70 bits per heavy atom. The summed E-state index contributed by atoms with van der Waals surface area (Å²) in [6.07, 6.45) is 0.484. The summed E-state index contributed by atoms with van der Waals surface area (Å²) in [6, 6.07) is 4.79. The van der Waals surface area contributed by atoms with Gasteiger partial charge in [-0.2, -0.15) is 0 Å². The van der Waals surface area contributed by atoms with E-state index in [9.17, 15) is 18.0 Å². The minimum Gasteiger partial charge on any atom is -0.481 e. The first-order chi connectivity index (χ1) is 10.7. The molecule has 0 saturated heterocycles. The lowest BCUT2D eigenvalue weighted by molar-refractivity contribution is -0.137. The van der Waals surface area contributed by atoms with Crippen molar-refractivity contribution in [1.82, 2.24) is 10.0 Å². The van der Waals surface area contributed by atoms with Gasteiger partial charge in [0, 0.05) is 17.6 Å². The topological polar surface area (TPSA) is 113 Å². The van der Waals surface area contributed by atoms with Crippen molar-refractivity contribution in [1.29, 1.82) is 0 Å². The summed E-state index contributed by atoms with van der Waals surface area (Å²) in [5, 5.41) is 11.2. The Bertz CT molecular complexity index is 655. The number of carboxylic acids is 1. The first-order valence-corrected chi connectivity index (χ1v) is 8.79. The number of aliphatic carboxylic acids is 1. The fourth-order valence-corrected chi connectivity index (χ4v) is 3.15. The molecule has 1 amide bonds. The molecule has 0 fully saturated rings. The van der Waals surface area contributed by atoms with Gasteiger partial charge in [-0.3, -0.25) is 9.59 Å². The van der Waals surface area contributed by atoms with Gasteiger partial charge in [-0.05, 0) is 44.5 Å². The first-order valence-electron chi connectivity index (χ1n) is 7.30. The highest BCUT2D eigenvalue weighted by Crippen LogP contribution is 2.12. The van der Waals surface area contributed by atoms with Crippen LogP contribution in [0.4, 0.5) is 0 Å². The van der Waals surface area contributed by atoms with Crippen molar-refractivity contribution in [3.8, 4) is 0 Å². The Morgan fingerprint density at radius 3 is 2.17 bits per heavy atom. The molecule has 0 aliphatic carbocycles. The van der Waals surface area contributed by atoms with Crippen LogP contribution in [0.15, 0.2) is 29.2 Å². The zero-order chi connectivity index (χ0) is 17.6. The van der Waals surface area contributed by atoms with Crippen molar-refractivity contribution in [3.05, 3.63) is 29.8 Å². The van der Waals surface area contributed by atoms with Crippen molar-refractivity contribution in [2.45, 2.75) is 50.6 Å². The van der Waals surface area contributed by atoms with Gasteiger partial charge in [0.15, 0.2) is 0 Å². The van der Waals surface area contributed by atoms with Crippen molar-refractivity contribution in [3.63, 3.8) is 0 Å². The number of amides is 1. The van der Waals surface area contributed by atoms with E-state index in [4.69, 9.17) is 5.11 Å². The molecule has 0 radical (unpaired) electrons. The maximum atomic E-state index is 12.1. The first kappa shape index (κ1) is 19.1. The molecule has 0 spiro atoms. The van der Waals surface area contributed by atoms with Crippen LogP contribution in [0, 0.1) is 0 Å². The van der Waals surface area contributed by atoms with Crippen LogP contribution < -0.4 is 10.0 Å². The van der Waals surface area contributed by atoms with Gasteiger partial charge < -0.3 is 10.4 Å². The van der Waals surface area contributed by atoms with E-state index >= 15 is 0 Å². The number of benzene rings is 1. The molecule has 0 bridgehead atoms. The molecule has 1 rings (SSSR count). The fourth-order valence-electron chi connectivity index (χ4n) is 1.82. The van der Waals surface area contributed by atoms with E-state index < -0.39 is 27.9 Å². The van der Waals surface area contributed by atoms with Gasteiger partial charge in [0.2, 0.25) is 10.0 Å². The number of carbonyl (C=O) groups is 2. The summed E-state index contributed by atoms with van der Waals surface area (Å²) in [7, 11) is -3.61. The molecule has 23 heavy (non-hydrogen) atoms. The SMILES string of the molecule is CCC(C)NS(=O)(=O)c1ccc(C(=O)NC(C)CC(=O)O)cc1. The van der Waals surface area contributed by atoms with E-state index in [1.165, 1.54) is 24.3 Å². The van der Waals surface area contributed by atoms with E-state index in [-0.39, 0.29) is 22.9 Å². The van der Waals surface area contributed by atoms with E-state index in [0.717, 1.165) is 0 Å². The third-order valence-corrected chi connectivity index (χ3v) is 4.86. The van der Waals surface area contributed by atoms with Crippen molar-refractivity contribution < 1.29 is 23.1 Å². The molecule has 8 heteroatoms. The highest BCUT2D eigenvalue weighted by molar-refractivity contribution is 7.89. The molecular weight excluding hydrogens is 320 g/mol. The summed E-state index contributed by atoms with van der Waals surface area (Å²) >= 11 is 0. The fraction of sp³-hybridized carbons (Fsp3) is 0.467. The Labute approximate surface area is 136 Å². The molecule has 0 saturated carbocycles. The molecule has 0 heterocycles. The maximum Gasteiger partial charge on any atom is 0.305 e. The molecule has 1 aromatic carbocycles. The number of carboxylic acid groups (broad SMARTS) is 1. The molecule has 2 atom stereocenters. The van der Waals surface area contributed by atoms with Crippen LogP contribution in [0.1, 0.15) is 44.0 Å². The molecule has 7 nitrogen and oxygen atoms in total. The van der Waals surface area contributed by atoms with E-state index in [1.54, 1.807) is 13.8 Å². The summed E-state index contributed by atoms with van der Waals surface area (Å²) in [6.45, 7) is 5.23. The maximum absolute atomic E-state index is 12.1. The van der Waals surface area contributed by atoms with Gasteiger partial charge in [0.1, 0.15) is 0 Å². The van der Waals surface area contributed by atoms with Crippen LogP contribution in [-0.4, -0.2) is 37.5 Å². The predicted octanol–water partition coefficient (Wildman–Crippen LogP) is 1.36. The molecule has 0 aliphatic heterocycles. The van der Waals surface area contributed by atoms with Gasteiger partial charge in [0.05, 0.1) is 11.3 Å². The Hall–Kier alpha value is -1.93. The molecule has 0 aliphatic rings. The zero-order valence-electron chi connectivity index (χ0n) is 13.4. The third-order valence-electron chi connectivity index (χ3n) is 3.25. The Morgan fingerprint density at radius 1 is 1.13 bits per heavy atom. The van der Waals surface area contributed by atoms with Crippen LogP contribution >= 0.6 is 0 Å². The largest absolute Gasteiger partial charge is 0.481 e. The highest BCUT2D eigenvalue weighted by atomic mass is 32.2. The minimum absolute atomic E-state index is 0.0768. The third kappa shape index (κ3) is 5.99. The van der Waals surface area contributed by atoms with Crippen LogP contribution in [0.25, 0.3) is 0 Å². The van der Waals surface area contributed by atoms with Crippen LogP contribution in [-0.2, 0) is 14.8 Å². The molecule has 1 aromatic rings. The number of sulfonamides is 1. The number of hydrogen-bond acceptors (Lipinski definition) is 4.